The van der Waals surface area contributed by atoms with Gasteiger partial charge in [-0.3, -0.25) is 14.4 Å². The Kier molecular flexibility index (Phi) is 20.2. The van der Waals surface area contributed by atoms with E-state index in [1.807, 2.05) is 146 Å². The molecule has 6 aromatic rings. The average Bonchev–Trinajstić information content (AvgIpc) is 3.27. The first kappa shape index (κ1) is 52.4. The standard InChI is InChI=1S/C24H27N3O2S.C24H25NO3S.C2HF3O2/c25-14-6-11-21(26)23(28)27-22(15-17-7-2-1-3-8-17)24(29)30-20-13-12-18-9-4-5-10-19(18)16-20;1-24(2,3)28-23(27)25-21(15-17-9-5-4-6-10-17)22(26)29-20-14-13-18-11-7-8-12-19(18)16-20;3-2(4,5)1(6)7/h1-5,7-10,12-13,16,21-22H,6,11,14-15,25-26H2,(H,27,28);4-14,16,21H,15H2,1-3H3,(H,25,27);(H,6,7)/t21-,22-;21-;/m11./s1. The van der Waals surface area contributed by atoms with Crippen LogP contribution in [0.2, 0.25) is 0 Å². The molecule has 0 fully saturated rings. The van der Waals surface area contributed by atoms with E-state index in [9.17, 15) is 32.3 Å². The van der Waals surface area contributed by atoms with Crippen LogP contribution < -0.4 is 22.1 Å². The Morgan fingerprint density at radius 3 is 1.41 bits per heavy atom. The van der Waals surface area contributed by atoms with Gasteiger partial charge in [-0.2, -0.15) is 13.2 Å². The highest BCUT2D eigenvalue weighted by Crippen LogP contribution is 2.28. The molecule has 2 amide bonds. The van der Waals surface area contributed by atoms with Gasteiger partial charge in [0.1, 0.15) is 17.7 Å². The highest BCUT2D eigenvalue weighted by atomic mass is 32.2. The fraction of sp³-hybridized carbons (Fsp3) is 0.260. The van der Waals surface area contributed by atoms with Crippen molar-refractivity contribution in [3.8, 4) is 0 Å². The van der Waals surface area contributed by atoms with Crippen molar-refractivity contribution in [3.05, 3.63) is 157 Å². The zero-order chi connectivity index (χ0) is 48.3. The molecule has 66 heavy (non-hydrogen) atoms. The van der Waals surface area contributed by atoms with Crippen LogP contribution >= 0.6 is 23.5 Å². The molecule has 3 atom stereocenters. The van der Waals surface area contributed by atoms with Crippen LogP contribution in [0.4, 0.5) is 18.0 Å². The van der Waals surface area contributed by atoms with Crippen LogP contribution in [-0.2, 0) is 36.8 Å². The van der Waals surface area contributed by atoms with E-state index in [2.05, 4.69) is 10.6 Å². The summed E-state index contributed by atoms with van der Waals surface area (Å²) in [6, 6.07) is 45.1. The highest BCUT2D eigenvalue weighted by Gasteiger charge is 2.38. The molecular weight excluding hydrogens is 890 g/mol. The van der Waals surface area contributed by atoms with E-state index in [4.69, 9.17) is 26.1 Å². The number of nitrogens with one attached hydrogen (secondary N) is 2. The molecule has 6 rings (SSSR count). The van der Waals surface area contributed by atoms with Gasteiger partial charge in [0, 0.05) is 22.6 Å². The quantitative estimate of drug-likeness (QED) is 0.0654. The fourth-order valence-corrected chi connectivity index (χ4v) is 7.80. The van der Waals surface area contributed by atoms with Gasteiger partial charge in [0.25, 0.3) is 0 Å². The second-order valence-electron chi connectivity index (χ2n) is 15.8. The number of amides is 2. The number of rotatable bonds is 14. The molecule has 0 heterocycles. The Hall–Kier alpha value is -6.20. The molecule has 0 unspecified atom stereocenters. The number of hydrogen-bond donors (Lipinski definition) is 5. The third kappa shape index (κ3) is 18.4. The van der Waals surface area contributed by atoms with Gasteiger partial charge in [-0.05, 0) is 121 Å². The Morgan fingerprint density at radius 2 is 1.02 bits per heavy atom. The molecular formula is C50H53F3N4O7S2. The molecule has 0 aromatic heterocycles. The molecule has 0 spiro atoms. The van der Waals surface area contributed by atoms with Crippen LogP contribution in [0.5, 0.6) is 0 Å². The molecule has 0 bridgehead atoms. The summed E-state index contributed by atoms with van der Waals surface area (Å²) in [6.07, 6.45) is -3.70. The molecule has 6 aromatic carbocycles. The number of carbonyl (C=O) groups excluding carboxylic acids is 4. The minimum absolute atomic E-state index is 0.117. The van der Waals surface area contributed by atoms with Crippen LogP contribution in [0.3, 0.4) is 0 Å². The molecule has 348 valence electrons. The minimum atomic E-state index is -5.08. The largest absolute Gasteiger partial charge is 0.490 e. The van der Waals surface area contributed by atoms with E-state index >= 15 is 0 Å². The van der Waals surface area contributed by atoms with Crippen molar-refractivity contribution < 1.29 is 47.0 Å². The zero-order valence-electron chi connectivity index (χ0n) is 36.6. The summed E-state index contributed by atoms with van der Waals surface area (Å²) in [5, 5.41) is 16.9. The van der Waals surface area contributed by atoms with Crippen LogP contribution in [0.15, 0.2) is 155 Å². The van der Waals surface area contributed by atoms with Gasteiger partial charge in [-0.25, -0.2) is 9.59 Å². The average molecular weight is 943 g/mol. The van der Waals surface area contributed by atoms with Crippen LogP contribution in [0, 0.1) is 0 Å². The van der Waals surface area contributed by atoms with E-state index in [-0.39, 0.29) is 16.1 Å². The molecule has 7 N–H and O–H groups in total. The molecule has 0 aliphatic rings. The number of alkyl halides is 3. The Labute approximate surface area is 390 Å². The van der Waals surface area contributed by atoms with Gasteiger partial charge < -0.3 is 31.9 Å². The maximum atomic E-state index is 13.1. The van der Waals surface area contributed by atoms with Crippen LogP contribution in [0.25, 0.3) is 21.5 Å². The zero-order valence-corrected chi connectivity index (χ0v) is 38.3. The van der Waals surface area contributed by atoms with Gasteiger partial charge in [0.2, 0.25) is 16.1 Å². The monoisotopic (exact) mass is 942 g/mol. The molecule has 0 aliphatic carbocycles. The van der Waals surface area contributed by atoms with Gasteiger partial charge in [0.05, 0.1) is 6.04 Å². The van der Waals surface area contributed by atoms with E-state index in [1.165, 1.54) is 0 Å². The number of fused-ring (bicyclic) bond motifs is 2. The van der Waals surface area contributed by atoms with Crippen LogP contribution in [0.1, 0.15) is 44.7 Å². The third-order valence-electron chi connectivity index (χ3n) is 9.32. The number of nitrogens with two attached hydrogens (primary N) is 2. The Morgan fingerprint density at radius 1 is 0.621 bits per heavy atom. The molecule has 0 saturated heterocycles. The lowest BCUT2D eigenvalue weighted by molar-refractivity contribution is -0.192. The number of hydrogen-bond acceptors (Lipinski definition) is 10. The number of aliphatic carboxylic acids is 1. The SMILES string of the molecule is CC(C)(C)OC(=O)N[C@H](Cc1ccccc1)C(=O)Sc1ccc2ccccc2c1.NCCC[C@@H](N)C(=O)N[C@H](Cc1ccccc1)C(=O)Sc1ccc2ccccc2c1.O=C(O)C(F)(F)F. The van der Waals surface area contributed by atoms with Crippen molar-refractivity contribution in [1.29, 1.82) is 0 Å². The Balaban J connectivity index is 0.000000252. The summed E-state index contributed by atoms with van der Waals surface area (Å²) in [5.41, 5.74) is 12.8. The maximum Gasteiger partial charge on any atom is 0.490 e. The van der Waals surface area contributed by atoms with Crippen molar-refractivity contribution in [2.45, 2.75) is 86.1 Å². The molecule has 16 heteroatoms. The predicted molar refractivity (Wildman–Crippen MR) is 255 cm³/mol. The number of ether oxygens (including phenoxy) is 1. The highest BCUT2D eigenvalue weighted by molar-refractivity contribution is 8.14. The Bertz CT molecular complexity index is 2540. The summed E-state index contributed by atoms with van der Waals surface area (Å²) < 4.78 is 37.1. The number of carboxylic acid groups (broad SMARTS) is 1. The predicted octanol–water partition coefficient (Wildman–Crippen LogP) is 9.48. The first-order valence-corrected chi connectivity index (χ1v) is 22.5. The summed E-state index contributed by atoms with van der Waals surface area (Å²) >= 11 is 2.28. The van der Waals surface area contributed by atoms with Crippen LogP contribution in [-0.4, -0.2) is 69.8 Å². The first-order valence-electron chi connectivity index (χ1n) is 20.9. The summed E-state index contributed by atoms with van der Waals surface area (Å²) in [5.74, 6) is -3.08. The van der Waals surface area contributed by atoms with Crippen molar-refractivity contribution in [1.82, 2.24) is 10.6 Å². The van der Waals surface area contributed by atoms with E-state index in [0.717, 1.165) is 66.0 Å². The van der Waals surface area contributed by atoms with Gasteiger partial charge >= 0.3 is 18.2 Å². The van der Waals surface area contributed by atoms with Gasteiger partial charge in [-0.1, -0.05) is 121 Å². The van der Waals surface area contributed by atoms with Crippen molar-refractivity contribution >= 4 is 73.3 Å². The van der Waals surface area contributed by atoms with Gasteiger partial charge in [-0.15, -0.1) is 0 Å². The lowest BCUT2D eigenvalue weighted by Crippen LogP contribution is -2.48. The number of halogens is 3. The van der Waals surface area contributed by atoms with E-state index < -0.39 is 42.0 Å². The number of thioether (sulfide) groups is 2. The van der Waals surface area contributed by atoms with E-state index in [0.29, 0.717) is 32.2 Å². The number of carboxylic acids is 1. The van der Waals surface area contributed by atoms with Crippen molar-refractivity contribution in [2.75, 3.05) is 6.54 Å². The topological polar surface area (TPSA) is 191 Å². The van der Waals surface area contributed by atoms with E-state index in [1.54, 1.807) is 20.8 Å². The number of alkyl carbamates (subject to hydrolysis) is 1. The molecule has 0 saturated carbocycles. The first-order chi connectivity index (χ1) is 31.3. The molecule has 0 aliphatic heterocycles. The van der Waals surface area contributed by atoms with Crippen molar-refractivity contribution in [3.63, 3.8) is 0 Å². The lowest BCUT2D eigenvalue weighted by atomic mass is 10.1. The summed E-state index contributed by atoms with van der Waals surface area (Å²) in [7, 11) is 0. The minimum Gasteiger partial charge on any atom is -0.475 e. The molecule has 11 nitrogen and oxygen atoms in total. The summed E-state index contributed by atoms with van der Waals surface area (Å²) in [6.45, 7) is 5.87. The van der Waals surface area contributed by atoms with Gasteiger partial charge in [0.15, 0.2) is 0 Å². The lowest BCUT2D eigenvalue weighted by Gasteiger charge is -2.23. The van der Waals surface area contributed by atoms with Crippen molar-refractivity contribution in [2.24, 2.45) is 11.5 Å². The normalized spacial score (nSPS) is 12.5. The third-order valence-corrected chi connectivity index (χ3v) is 11.3. The fourth-order valence-electron chi connectivity index (χ4n) is 6.12. The summed E-state index contributed by atoms with van der Waals surface area (Å²) in [4.78, 5) is 61.6. The second kappa shape index (κ2) is 25.5. The molecule has 0 radical (unpaired) electrons. The second-order valence-corrected chi connectivity index (χ2v) is 18.0. The maximum absolute atomic E-state index is 13.1. The number of carbonyl (C=O) groups is 5. The smallest absolute Gasteiger partial charge is 0.475 e. The number of benzene rings is 6.